The van der Waals surface area contributed by atoms with E-state index in [0.717, 1.165) is 18.4 Å². The van der Waals surface area contributed by atoms with Crippen molar-refractivity contribution in [3.8, 4) is 0 Å². The van der Waals surface area contributed by atoms with Crippen LogP contribution >= 0.6 is 0 Å². The van der Waals surface area contributed by atoms with Crippen molar-refractivity contribution in [3.63, 3.8) is 0 Å². The number of nitrogens with one attached hydrogen (secondary N) is 1. The lowest BCUT2D eigenvalue weighted by atomic mass is 9.80. The van der Waals surface area contributed by atoms with Crippen LogP contribution in [0.15, 0.2) is 30.3 Å². The van der Waals surface area contributed by atoms with Crippen molar-refractivity contribution < 1.29 is 4.74 Å². The average molecular weight is 289 g/mol. The molecule has 2 heteroatoms. The predicted molar refractivity (Wildman–Crippen MR) is 89.4 cm³/mol. The molecule has 0 spiro atoms. The molecule has 1 aliphatic rings. The summed E-state index contributed by atoms with van der Waals surface area (Å²) in [6.07, 6.45) is 4.28. The Hall–Kier alpha value is -0.860. The number of hydrogen-bond acceptors (Lipinski definition) is 2. The Morgan fingerprint density at radius 3 is 2.43 bits per heavy atom. The number of ether oxygens (including phenoxy) is 1. The van der Waals surface area contributed by atoms with Crippen molar-refractivity contribution in [3.05, 3.63) is 35.9 Å². The third-order valence-electron chi connectivity index (χ3n) is 4.79. The Labute approximate surface area is 130 Å². The molecule has 1 aliphatic carbocycles. The zero-order chi connectivity index (χ0) is 15.2. The molecule has 2 nitrogen and oxygen atoms in total. The Morgan fingerprint density at radius 2 is 1.81 bits per heavy atom. The Balaban J connectivity index is 1.99. The van der Waals surface area contributed by atoms with Gasteiger partial charge in [-0.2, -0.15) is 0 Å². The lowest BCUT2D eigenvalue weighted by molar-refractivity contribution is -0.0485. The monoisotopic (exact) mass is 289 g/mol. The summed E-state index contributed by atoms with van der Waals surface area (Å²) in [5.74, 6) is 1.62. The first-order chi connectivity index (χ1) is 10.1. The van der Waals surface area contributed by atoms with Crippen LogP contribution in [0, 0.1) is 11.8 Å². The second-order valence-electron chi connectivity index (χ2n) is 6.99. The standard InChI is InChI=1S/C19H31NO/c1-14(2)20-13-19(17-8-6-5-7-9-17)21-18-11-10-15(3)16(4)12-18/h5-9,14-16,18-20H,10-13H2,1-4H3. The van der Waals surface area contributed by atoms with Crippen LogP contribution in [0.4, 0.5) is 0 Å². The number of benzene rings is 1. The Morgan fingerprint density at radius 1 is 1.10 bits per heavy atom. The highest BCUT2D eigenvalue weighted by Crippen LogP contribution is 2.33. The third kappa shape index (κ3) is 5.12. The van der Waals surface area contributed by atoms with Gasteiger partial charge >= 0.3 is 0 Å². The summed E-state index contributed by atoms with van der Waals surface area (Å²) in [6.45, 7) is 10.0. The van der Waals surface area contributed by atoms with Crippen LogP contribution in [-0.4, -0.2) is 18.7 Å². The molecule has 0 amide bonds. The van der Waals surface area contributed by atoms with Crippen molar-refractivity contribution >= 4 is 0 Å². The van der Waals surface area contributed by atoms with E-state index in [1.807, 2.05) is 0 Å². The van der Waals surface area contributed by atoms with E-state index in [9.17, 15) is 0 Å². The molecule has 1 saturated carbocycles. The van der Waals surface area contributed by atoms with Gasteiger partial charge in [0.15, 0.2) is 0 Å². The molecule has 0 saturated heterocycles. The van der Waals surface area contributed by atoms with E-state index >= 15 is 0 Å². The van der Waals surface area contributed by atoms with Crippen molar-refractivity contribution in [1.29, 1.82) is 0 Å². The second-order valence-corrected chi connectivity index (χ2v) is 6.99. The molecule has 4 atom stereocenters. The molecule has 2 rings (SSSR count). The highest BCUT2D eigenvalue weighted by atomic mass is 16.5. The molecule has 0 radical (unpaired) electrons. The third-order valence-corrected chi connectivity index (χ3v) is 4.79. The van der Waals surface area contributed by atoms with Gasteiger partial charge in [0, 0.05) is 12.6 Å². The molecule has 118 valence electrons. The molecular formula is C19H31NO. The van der Waals surface area contributed by atoms with Crippen LogP contribution in [0.25, 0.3) is 0 Å². The summed E-state index contributed by atoms with van der Waals surface area (Å²) < 4.78 is 6.48. The fraction of sp³-hybridized carbons (Fsp3) is 0.684. The highest BCUT2D eigenvalue weighted by Gasteiger charge is 2.27. The Bertz CT molecular complexity index is 403. The van der Waals surface area contributed by atoms with Crippen LogP contribution in [-0.2, 0) is 4.74 Å². The summed E-state index contributed by atoms with van der Waals surface area (Å²) >= 11 is 0. The summed E-state index contributed by atoms with van der Waals surface area (Å²) in [7, 11) is 0. The summed E-state index contributed by atoms with van der Waals surface area (Å²) in [5, 5.41) is 3.53. The summed E-state index contributed by atoms with van der Waals surface area (Å²) in [6, 6.07) is 11.1. The van der Waals surface area contributed by atoms with E-state index in [2.05, 4.69) is 63.3 Å². The van der Waals surface area contributed by atoms with E-state index < -0.39 is 0 Å². The summed E-state index contributed by atoms with van der Waals surface area (Å²) in [5.41, 5.74) is 1.29. The van der Waals surface area contributed by atoms with E-state index in [4.69, 9.17) is 4.74 Å². The van der Waals surface area contributed by atoms with Gasteiger partial charge in [0.25, 0.3) is 0 Å². The minimum atomic E-state index is 0.166. The minimum absolute atomic E-state index is 0.166. The first kappa shape index (κ1) is 16.5. The van der Waals surface area contributed by atoms with Gasteiger partial charge in [0.2, 0.25) is 0 Å². The number of rotatable bonds is 6. The van der Waals surface area contributed by atoms with Crippen molar-refractivity contribution in [1.82, 2.24) is 5.32 Å². The van der Waals surface area contributed by atoms with Crippen LogP contribution in [0.2, 0.25) is 0 Å². The van der Waals surface area contributed by atoms with E-state index in [0.29, 0.717) is 12.1 Å². The van der Waals surface area contributed by atoms with Crippen molar-refractivity contribution in [2.45, 2.75) is 65.2 Å². The lowest BCUT2D eigenvalue weighted by Gasteiger charge is -2.34. The minimum Gasteiger partial charge on any atom is -0.369 e. The zero-order valence-corrected chi connectivity index (χ0v) is 14.0. The van der Waals surface area contributed by atoms with Crippen LogP contribution in [0.5, 0.6) is 0 Å². The molecule has 21 heavy (non-hydrogen) atoms. The molecule has 1 aromatic carbocycles. The molecular weight excluding hydrogens is 258 g/mol. The molecule has 0 bridgehead atoms. The molecule has 1 N–H and O–H groups in total. The molecule has 0 aromatic heterocycles. The van der Waals surface area contributed by atoms with Gasteiger partial charge in [-0.3, -0.25) is 0 Å². The van der Waals surface area contributed by atoms with E-state index in [1.54, 1.807) is 0 Å². The fourth-order valence-electron chi connectivity index (χ4n) is 3.11. The van der Waals surface area contributed by atoms with E-state index in [1.165, 1.54) is 24.8 Å². The first-order valence-electron chi connectivity index (χ1n) is 8.50. The smallest absolute Gasteiger partial charge is 0.0953 e. The maximum absolute atomic E-state index is 6.48. The quantitative estimate of drug-likeness (QED) is 0.828. The molecule has 1 aromatic rings. The summed E-state index contributed by atoms with van der Waals surface area (Å²) in [4.78, 5) is 0. The van der Waals surface area contributed by atoms with Crippen LogP contribution in [0.1, 0.15) is 58.6 Å². The zero-order valence-electron chi connectivity index (χ0n) is 14.0. The van der Waals surface area contributed by atoms with Crippen LogP contribution < -0.4 is 5.32 Å². The average Bonchev–Trinajstić information content (AvgIpc) is 2.48. The van der Waals surface area contributed by atoms with Gasteiger partial charge in [0.1, 0.15) is 0 Å². The van der Waals surface area contributed by atoms with Gasteiger partial charge in [-0.1, -0.05) is 58.0 Å². The van der Waals surface area contributed by atoms with Gasteiger partial charge in [-0.05, 0) is 36.7 Å². The molecule has 1 fully saturated rings. The topological polar surface area (TPSA) is 21.3 Å². The molecule has 0 heterocycles. The van der Waals surface area contributed by atoms with E-state index in [-0.39, 0.29) is 6.10 Å². The highest BCUT2D eigenvalue weighted by molar-refractivity contribution is 5.18. The molecule has 4 unspecified atom stereocenters. The second kappa shape index (κ2) is 7.95. The van der Waals surface area contributed by atoms with Crippen LogP contribution in [0.3, 0.4) is 0 Å². The number of hydrogen-bond donors (Lipinski definition) is 1. The maximum Gasteiger partial charge on any atom is 0.0953 e. The van der Waals surface area contributed by atoms with Crippen molar-refractivity contribution in [2.24, 2.45) is 11.8 Å². The van der Waals surface area contributed by atoms with Gasteiger partial charge < -0.3 is 10.1 Å². The fourth-order valence-corrected chi connectivity index (χ4v) is 3.11. The molecule has 0 aliphatic heterocycles. The predicted octanol–water partition coefficient (Wildman–Crippen LogP) is 4.57. The first-order valence-corrected chi connectivity index (χ1v) is 8.50. The maximum atomic E-state index is 6.48. The SMILES string of the molecule is CC(C)NCC(OC1CCC(C)C(C)C1)c1ccccc1. The van der Waals surface area contributed by atoms with Gasteiger partial charge in [-0.15, -0.1) is 0 Å². The normalized spacial score (nSPS) is 27.8. The van der Waals surface area contributed by atoms with Gasteiger partial charge in [-0.25, -0.2) is 0 Å². The van der Waals surface area contributed by atoms with Gasteiger partial charge in [0.05, 0.1) is 12.2 Å². The largest absolute Gasteiger partial charge is 0.369 e. The Kier molecular flexibility index (Phi) is 6.25. The van der Waals surface area contributed by atoms with Crippen molar-refractivity contribution in [2.75, 3.05) is 6.54 Å². The lowest BCUT2D eigenvalue weighted by Crippen LogP contribution is -2.33.